The maximum atomic E-state index is 11.5. The molecule has 1 rings (SSSR count). The number of hydrogen-bond acceptors (Lipinski definition) is 5. The van der Waals surface area contributed by atoms with E-state index in [2.05, 4.69) is 0 Å². The molecule has 0 heterocycles. The number of esters is 2. The van der Waals surface area contributed by atoms with Crippen LogP contribution in [-0.2, 0) is 23.9 Å². The Labute approximate surface area is 94.1 Å². The number of carbonyl (C=O) groups is 3. The zero-order chi connectivity index (χ0) is 12.1. The highest BCUT2D eigenvalue weighted by molar-refractivity contribution is 5.83. The third-order valence-corrected chi connectivity index (χ3v) is 2.71. The van der Waals surface area contributed by atoms with Crippen LogP contribution in [0.25, 0.3) is 0 Å². The van der Waals surface area contributed by atoms with E-state index in [1.807, 2.05) is 0 Å². The number of Topliss-reactive ketones (excluding diaryl/α,β-unsaturated/α-hetero) is 1. The van der Waals surface area contributed by atoms with Crippen molar-refractivity contribution < 1.29 is 23.9 Å². The van der Waals surface area contributed by atoms with Gasteiger partial charge in [-0.2, -0.15) is 0 Å². The molecule has 5 heteroatoms. The van der Waals surface area contributed by atoms with Crippen LogP contribution in [0.3, 0.4) is 0 Å². The summed E-state index contributed by atoms with van der Waals surface area (Å²) in [6, 6.07) is 0. The van der Waals surface area contributed by atoms with Gasteiger partial charge in [-0.1, -0.05) is 0 Å². The molecule has 0 unspecified atom stereocenters. The van der Waals surface area contributed by atoms with Crippen LogP contribution in [0.2, 0.25) is 0 Å². The van der Waals surface area contributed by atoms with Crippen molar-refractivity contribution in [1.29, 1.82) is 0 Å². The Morgan fingerprint density at radius 3 is 2.31 bits per heavy atom. The summed E-state index contributed by atoms with van der Waals surface area (Å²) in [6.07, 6.45) is 1.16. The van der Waals surface area contributed by atoms with Gasteiger partial charge in [0, 0.05) is 26.2 Å². The van der Waals surface area contributed by atoms with Gasteiger partial charge < -0.3 is 9.47 Å². The van der Waals surface area contributed by atoms with Gasteiger partial charge in [0.05, 0.1) is 12.5 Å². The highest BCUT2D eigenvalue weighted by Gasteiger charge is 2.35. The van der Waals surface area contributed by atoms with Crippen LogP contribution in [0.1, 0.15) is 26.7 Å². The fraction of sp³-hybridized carbons (Fsp3) is 0.727. The van der Waals surface area contributed by atoms with Crippen LogP contribution in [0.5, 0.6) is 0 Å². The Hall–Kier alpha value is -1.39. The number of rotatable bonds is 4. The minimum absolute atomic E-state index is 0.0178. The smallest absolute Gasteiger partial charge is 0.302 e. The minimum Gasteiger partial charge on any atom is -0.466 e. The van der Waals surface area contributed by atoms with Crippen molar-refractivity contribution in [1.82, 2.24) is 0 Å². The number of carbonyl (C=O) groups excluding carboxylic acids is 3. The molecule has 0 saturated heterocycles. The van der Waals surface area contributed by atoms with Crippen LogP contribution in [0.15, 0.2) is 0 Å². The van der Waals surface area contributed by atoms with E-state index in [1.165, 1.54) is 13.8 Å². The molecule has 1 saturated carbocycles. The third kappa shape index (κ3) is 3.64. The fourth-order valence-corrected chi connectivity index (χ4v) is 1.84. The quantitative estimate of drug-likeness (QED) is 0.663. The van der Waals surface area contributed by atoms with Crippen molar-refractivity contribution in [3.05, 3.63) is 0 Å². The standard InChI is InChI=1S/C11H16O5/c1-7(12)15-5-9-3-4-11(14)10(9)6-16-8(2)13/h9-10H,3-6H2,1-2H3/t9-,10+/m0/s1. The van der Waals surface area contributed by atoms with Crippen molar-refractivity contribution in [3.8, 4) is 0 Å². The Morgan fingerprint density at radius 2 is 1.75 bits per heavy atom. The first-order valence-electron chi connectivity index (χ1n) is 5.30. The average Bonchev–Trinajstić information content (AvgIpc) is 2.53. The van der Waals surface area contributed by atoms with Gasteiger partial charge in [0.25, 0.3) is 0 Å². The second kappa shape index (κ2) is 5.63. The SMILES string of the molecule is CC(=O)OC[C@@H]1CCC(=O)[C@@H]1COC(C)=O. The van der Waals surface area contributed by atoms with Crippen LogP contribution >= 0.6 is 0 Å². The molecule has 0 amide bonds. The molecule has 0 aliphatic heterocycles. The Kier molecular flexibility index (Phi) is 4.46. The van der Waals surface area contributed by atoms with Crippen LogP contribution in [0, 0.1) is 11.8 Å². The van der Waals surface area contributed by atoms with E-state index in [0.29, 0.717) is 12.8 Å². The van der Waals surface area contributed by atoms with Crippen molar-refractivity contribution in [2.45, 2.75) is 26.7 Å². The van der Waals surface area contributed by atoms with Crippen LogP contribution in [0.4, 0.5) is 0 Å². The van der Waals surface area contributed by atoms with Gasteiger partial charge in [0.15, 0.2) is 0 Å². The van der Waals surface area contributed by atoms with Crippen molar-refractivity contribution in [3.63, 3.8) is 0 Å². The van der Waals surface area contributed by atoms with E-state index in [0.717, 1.165) is 0 Å². The number of ketones is 1. The van der Waals surface area contributed by atoms with E-state index in [-0.39, 0.29) is 36.8 Å². The van der Waals surface area contributed by atoms with Gasteiger partial charge in [-0.15, -0.1) is 0 Å². The first-order valence-corrected chi connectivity index (χ1v) is 5.30. The molecular formula is C11H16O5. The summed E-state index contributed by atoms with van der Waals surface area (Å²) in [5.74, 6) is -1.01. The number of ether oxygens (including phenoxy) is 2. The average molecular weight is 228 g/mol. The molecule has 0 aromatic carbocycles. The summed E-state index contributed by atoms with van der Waals surface area (Å²) in [5.41, 5.74) is 0. The summed E-state index contributed by atoms with van der Waals surface area (Å²) in [6.45, 7) is 2.96. The summed E-state index contributed by atoms with van der Waals surface area (Å²) in [5, 5.41) is 0. The molecule has 5 nitrogen and oxygen atoms in total. The van der Waals surface area contributed by atoms with E-state index in [1.54, 1.807) is 0 Å². The number of hydrogen-bond donors (Lipinski definition) is 0. The summed E-state index contributed by atoms with van der Waals surface area (Å²) in [4.78, 5) is 32.8. The fourth-order valence-electron chi connectivity index (χ4n) is 1.84. The third-order valence-electron chi connectivity index (χ3n) is 2.71. The maximum Gasteiger partial charge on any atom is 0.302 e. The second-order valence-electron chi connectivity index (χ2n) is 3.98. The Bertz CT molecular complexity index is 297. The topological polar surface area (TPSA) is 69.7 Å². The molecule has 1 aliphatic carbocycles. The minimum atomic E-state index is -0.397. The highest BCUT2D eigenvalue weighted by Crippen LogP contribution is 2.29. The molecule has 16 heavy (non-hydrogen) atoms. The lowest BCUT2D eigenvalue weighted by atomic mass is 9.97. The predicted molar refractivity (Wildman–Crippen MR) is 54.5 cm³/mol. The molecule has 0 radical (unpaired) electrons. The lowest BCUT2D eigenvalue weighted by Gasteiger charge is -2.17. The van der Waals surface area contributed by atoms with Crippen molar-refractivity contribution in [2.75, 3.05) is 13.2 Å². The molecule has 90 valence electrons. The van der Waals surface area contributed by atoms with E-state index in [9.17, 15) is 14.4 Å². The summed E-state index contributed by atoms with van der Waals surface area (Å²) in [7, 11) is 0. The summed E-state index contributed by atoms with van der Waals surface area (Å²) >= 11 is 0. The normalized spacial score (nSPS) is 24.2. The first kappa shape index (κ1) is 12.7. The molecule has 1 aliphatic rings. The Morgan fingerprint density at radius 1 is 1.19 bits per heavy atom. The molecular weight excluding hydrogens is 212 g/mol. The van der Waals surface area contributed by atoms with E-state index in [4.69, 9.17) is 9.47 Å². The van der Waals surface area contributed by atoms with E-state index < -0.39 is 5.97 Å². The largest absolute Gasteiger partial charge is 0.466 e. The molecule has 0 spiro atoms. The monoisotopic (exact) mass is 228 g/mol. The first-order chi connectivity index (χ1) is 7.50. The van der Waals surface area contributed by atoms with Gasteiger partial charge in [0.2, 0.25) is 0 Å². The van der Waals surface area contributed by atoms with Crippen molar-refractivity contribution >= 4 is 17.7 Å². The van der Waals surface area contributed by atoms with Gasteiger partial charge in [-0.3, -0.25) is 14.4 Å². The van der Waals surface area contributed by atoms with Gasteiger partial charge in [-0.05, 0) is 6.42 Å². The molecule has 1 fully saturated rings. The molecule has 0 aromatic heterocycles. The molecule has 0 aromatic rings. The molecule has 2 atom stereocenters. The highest BCUT2D eigenvalue weighted by atomic mass is 16.5. The lowest BCUT2D eigenvalue weighted by Crippen LogP contribution is -2.25. The zero-order valence-corrected chi connectivity index (χ0v) is 9.52. The second-order valence-corrected chi connectivity index (χ2v) is 3.98. The Balaban J connectivity index is 2.45. The predicted octanol–water partition coefficient (Wildman–Crippen LogP) is 0.708. The van der Waals surface area contributed by atoms with Crippen LogP contribution < -0.4 is 0 Å². The van der Waals surface area contributed by atoms with Gasteiger partial charge in [-0.25, -0.2) is 0 Å². The van der Waals surface area contributed by atoms with Gasteiger partial charge in [0.1, 0.15) is 12.4 Å². The maximum absolute atomic E-state index is 11.5. The molecule has 0 N–H and O–H groups in total. The van der Waals surface area contributed by atoms with Gasteiger partial charge >= 0.3 is 11.9 Å². The zero-order valence-electron chi connectivity index (χ0n) is 9.52. The van der Waals surface area contributed by atoms with Crippen LogP contribution in [-0.4, -0.2) is 30.9 Å². The van der Waals surface area contributed by atoms with E-state index >= 15 is 0 Å². The van der Waals surface area contributed by atoms with Crippen molar-refractivity contribution in [2.24, 2.45) is 11.8 Å². The summed E-state index contributed by atoms with van der Waals surface area (Å²) < 4.78 is 9.71. The lowest BCUT2D eigenvalue weighted by molar-refractivity contribution is -0.147. The molecule has 0 bridgehead atoms.